The Labute approximate surface area is 112 Å². The van der Waals surface area contributed by atoms with Gasteiger partial charge >= 0.3 is 0 Å². The Hall–Kier alpha value is -1.40. The number of rotatable bonds is 6. The van der Waals surface area contributed by atoms with Crippen molar-refractivity contribution in [3.05, 3.63) is 23.8 Å². The number of nitriles is 1. The van der Waals surface area contributed by atoms with E-state index in [1.165, 1.54) is 0 Å². The van der Waals surface area contributed by atoms with Gasteiger partial charge < -0.3 is 9.47 Å². The summed E-state index contributed by atoms with van der Waals surface area (Å²) in [7, 11) is 1.62. The summed E-state index contributed by atoms with van der Waals surface area (Å²) in [4.78, 5) is 0. The van der Waals surface area contributed by atoms with Crippen molar-refractivity contribution in [1.29, 1.82) is 5.26 Å². The van der Waals surface area contributed by atoms with Gasteiger partial charge in [-0.3, -0.25) is 0 Å². The molecule has 1 aromatic rings. The third kappa shape index (κ3) is 2.88. The zero-order valence-electron chi connectivity index (χ0n) is 10.4. The highest BCUT2D eigenvalue weighted by molar-refractivity contribution is 6.17. The molecule has 0 amide bonds. The molecule has 0 spiro atoms. The van der Waals surface area contributed by atoms with Crippen LogP contribution in [-0.4, -0.2) is 13.7 Å². The summed E-state index contributed by atoms with van der Waals surface area (Å²) in [5, 5.41) is 8.78. The van der Waals surface area contributed by atoms with E-state index in [1.807, 2.05) is 18.2 Å². The zero-order valence-corrected chi connectivity index (χ0v) is 11.2. The van der Waals surface area contributed by atoms with E-state index in [9.17, 15) is 0 Å². The lowest BCUT2D eigenvalue weighted by atomic mass is 10.1. The van der Waals surface area contributed by atoms with Crippen molar-refractivity contribution >= 4 is 11.6 Å². The number of halogens is 1. The minimum atomic E-state index is 0.0708. The fourth-order valence-corrected chi connectivity index (χ4v) is 2.07. The van der Waals surface area contributed by atoms with E-state index < -0.39 is 0 Å². The summed E-state index contributed by atoms with van der Waals surface area (Å²) in [6.45, 7) is 0.581. The number of alkyl halides is 1. The van der Waals surface area contributed by atoms with Gasteiger partial charge in [-0.05, 0) is 18.9 Å². The Morgan fingerprint density at radius 1 is 1.44 bits per heavy atom. The highest BCUT2D eigenvalue weighted by atomic mass is 35.5. The average molecular weight is 266 g/mol. The molecule has 0 N–H and O–H groups in total. The Kier molecular flexibility index (Phi) is 3.98. The molecule has 0 radical (unpaired) electrons. The molecule has 96 valence electrons. The van der Waals surface area contributed by atoms with Gasteiger partial charge in [-0.2, -0.15) is 5.26 Å². The molecule has 0 bridgehead atoms. The molecule has 0 unspecified atom stereocenters. The molecule has 0 saturated heterocycles. The summed E-state index contributed by atoms with van der Waals surface area (Å²) < 4.78 is 11.0. The number of hydrogen-bond donors (Lipinski definition) is 0. The third-order valence-corrected chi connectivity index (χ3v) is 3.65. The molecular weight excluding hydrogens is 250 g/mol. The average Bonchev–Trinajstić information content (AvgIpc) is 3.16. The molecular formula is C14H16ClNO2. The van der Waals surface area contributed by atoms with Gasteiger partial charge in [-0.1, -0.05) is 6.07 Å². The molecule has 0 atom stereocenters. The van der Waals surface area contributed by atoms with Crippen LogP contribution in [0.4, 0.5) is 0 Å². The van der Waals surface area contributed by atoms with Gasteiger partial charge in [0.05, 0.1) is 25.7 Å². The third-order valence-electron chi connectivity index (χ3n) is 3.36. The van der Waals surface area contributed by atoms with Gasteiger partial charge in [-0.25, -0.2) is 0 Å². The first kappa shape index (κ1) is 13.0. The van der Waals surface area contributed by atoms with Crippen molar-refractivity contribution in [2.24, 2.45) is 5.41 Å². The highest BCUT2D eigenvalue weighted by Crippen LogP contribution is 2.49. The van der Waals surface area contributed by atoms with Crippen molar-refractivity contribution in [3.8, 4) is 17.6 Å². The van der Waals surface area contributed by atoms with Crippen LogP contribution in [0, 0.1) is 16.7 Å². The number of nitrogens with zero attached hydrogens (tertiary/aromatic N) is 1. The lowest BCUT2D eigenvalue weighted by molar-refractivity contribution is 0.234. The molecule has 0 aliphatic heterocycles. The largest absolute Gasteiger partial charge is 0.497 e. The van der Waals surface area contributed by atoms with E-state index in [2.05, 4.69) is 6.07 Å². The second-order valence-electron chi connectivity index (χ2n) is 4.73. The number of ether oxygens (including phenoxy) is 2. The van der Waals surface area contributed by atoms with Crippen LogP contribution >= 0.6 is 11.6 Å². The van der Waals surface area contributed by atoms with Crippen LogP contribution in [0.2, 0.25) is 0 Å². The quantitative estimate of drug-likeness (QED) is 0.739. The first-order valence-corrected chi connectivity index (χ1v) is 6.49. The van der Waals surface area contributed by atoms with Crippen LogP contribution in [0.3, 0.4) is 0 Å². The Bertz CT molecular complexity index is 463. The highest BCUT2D eigenvalue weighted by Gasteiger charge is 2.43. The standard InChI is InChI=1S/C14H16ClNO2/c1-17-12-3-2-11(9-15)13(8-12)18-10-14(4-5-14)6-7-16/h2-3,8H,4-6,9-10H2,1H3. The predicted molar refractivity (Wildman–Crippen MR) is 69.9 cm³/mol. The summed E-state index contributed by atoms with van der Waals surface area (Å²) in [5.74, 6) is 1.92. The van der Waals surface area contributed by atoms with Crippen LogP contribution < -0.4 is 9.47 Å². The van der Waals surface area contributed by atoms with E-state index >= 15 is 0 Å². The molecule has 4 heteroatoms. The van der Waals surface area contributed by atoms with Gasteiger partial charge in [0.15, 0.2) is 0 Å². The zero-order chi connectivity index (χ0) is 13.0. The van der Waals surface area contributed by atoms with Crippen molar-refractivity contribution in [2.45, 2.75) is 25.1 Å². The molecule has 0 aromatic heterocycles. The molecule has 3 nitrogen and oxygen atoms in total. The molecule has 18 heavy (non-hydrogen) atoms. The number of hydrogen-bond acceptors (Lipinski definition) is 3. The monoisotopic (exact) mass is 265 g/mol. The fourth-order valence-electron chi connectivity index (χ4n) is 1.85. The van der Waals surface area contributed by atoms with Gasteiger partial charge in [0.25, 0.3) is 0 Å². The first-order chi connectivity index (χ1) is 8.73. The second kappa shape index (κ2) is 5.49. The Morgan fingerprint density at radius 3 is 2.78 bits per heavy atom. The minimum Gasteiger partial charge on any atom is -0.497 e. The molecule has 1 aromatic carbocycles. The fraction of sp³-hybridized carbons (Fsp3) is 0.500. The van der Waals surface area contributed by atoms with Crippen molar-refractivity contribution in [1.82, 2.24) is 0 Å². The van der Waals surface area contributed by atoms with Crippen LogP contribution in [-0.2, 0) is 5.88 Å². The Balaban J connectivity index is 2.06. The summed E-state index contributed by atoms with van der Waals surface area (Å²) in [6, 6.07) is 7.85. The Morgan fingerprint density at radius 2 is 2.22 bits per heavy atom. The van der Waals surface area contributed by atoms with Gasteiger partial charge in [0.2, 0.25) is 0 Å². The van der Waals surface area contributed by atoms with Gasteiger partial charge in [0, 0.05) is 23.5 Å². The summed E-state index contributed by atoms with van der Waals surface area (Å²) in [6.07, 6.45) is 2.70. The molecule has 1 fully saturated rings. The predicted octanol–water partition coefficient (Wildman–Crippen LogP) is 3.51. The molecule has 1 saturated carbocycles. The lowest BCUT2D eigenvalue weighted by Gasteiger charge is -2.15. The maximum Gasteiger partial charge on any atom is 0.127 e. The van der Waals surface area contributed by atoms with Crippen LogP contribution in [0.25, 0.3) is 0 Å². The van der Waals surface area contributed by atoms with Crippen molar-refractivity contribution in [2.75, 3.05) is 13.7 Å². The van der Waals surface area contributed by atoms with Crippen LogP contribution in [0.15, 0.2) is 18.2 Å². The topological polar surface area (TPSA) is 42.2 Å². The normalized spacial score (nSPS) is 15.8. The molecule has 1 aliphatic rings. The van der Waals surface area contributed by atoms with Crippen molar-refractivity contribution in [3.63, 3.8) is 0 Å². The van der Waals surface area contributed by atoms with E-state index in [-0.39, 0.29) is 5.41 Å². The van der Waals surface area contributed by atoms with E-state index in [0.717, 1.165) is 29.9 Å². The SMILES string of the molecule is COc1ccc(CCl)c(OCC2(CC#N)CC2)c1. The maximum absolute atomic E-state index is 8.78. The van der Waals surface area contributed by atoms with E-state index in [0.29, 0.717) is 18.9 Å². The minimum absolute atomic E-state index is 0.0708. The summed E-state index contributed by atoms with van der Waals surface area (Å²) in [5.41, 5.74) is 1.02. The molecule has 1 aliphatic carbocycles. The lowest BCUT2D eigenvalue weighted by Crippen LogP contribution is -2.13. The number of benzene rings is 1. The smallest absolute Gasteiger partial charge is 0.127 e. The first-order valence-electron chi connectivity index (χ1n) is 5.96. The molecule has 2 rings (SSSR count). The van der Waals surface area contributed by atoms with Gasteiger partial charge in [0.1, 0.15) is 11.5 Å². The van der Waals surface area contributed by atoms with Crippen LogP contribution in [0.1, 0.15) is 24.8 Å². The maximum atomic E-state index is 8.78. The summed E-state index contributed by atoms with van der Waals surface area (Å²) >= 11 is 5.88. The van der Waals surface area contributed by atoms with E-state index in [4.69, 9.17) is 26.3 Å². The second-order valence-corrected chi connectivity index (χ2v) is 5.00. The molecule has 0 heterocycles. The van der Waals surface area contributed by atoms with Crippen molar-refractivity contribution < 1.29 is 9.47 Å². The number of methoxy groups -OCH3 is 1. The van der Waals surface area contributed by atoms with E-state index in [1.54, 1.807) is 7.11 Å². The van der Waals surface area contributed by atoms with Gasteiger partial charge in [-0.15, -0.1) is 11.6 Å². The van der Waals surface area contributed by atoms with Crippen LogP contribution in [0.5, 0.6) is 11.5 Å².